The maximum absolute atomic E-state index is 5.32. The summed E-state index contributed by atoms with van der Waals surface area (Å²) in [5, 5.41) is 5.01. The number of ether oxygens (including phenoxy) is 2. The molecule has 0 aromatic heterocycles. The van der Waals surface area contributed by atoms with Crippen molar-refractivity contribution in [1.29, 1.82) is 0 Å². The van der Waals surface area contributed by atoms with E-state index in [1.807, 2.05) is 0 Å². The number of hydrogen-bond donors (Lipinski definition) is 0. The minimum absolute atomic E-state index is 0.627. The molecule has 0 fully saturated rings. The van der Waals surface area contributed by atoms with Gasteiger partial charge in [-0.1, -0.05) is 36.4 Å². The van der Waals surface area contributed by atoms with E-state index in [0.29, 0.717) is 13.2 Å². The van der Waals surface area contributed by atoms with Crippen LogP contribution in [0.4, 0.5) is 0 Å². The van der Waals surface area contributed by atoms with Gasteiger partial charge in [0.1, 0.15) is 0 Å². The second-order valence-corrected chi connectivity index (χ2v) is 4.99. The van der Waals surface area contributed by atoms with Gasteiger partial charge in [-0.2, -0.15) is 0 Å². The highest BCUT2D eigenvalue weighted by Crippen LogP contribution is 2.29. The molecule has 3 rings (SSSR count). The molecular weight excluding hydrogens is 248 g/mol. The van der Waals surface area contributed by atoms with Crippen LogP contribution in [0.1, 0.15) is 11.1 Å². The van der Waals surface area contributed by atoms with Crippen molar-refractivity contribution in [2.45, 2.75) is 13.2 Å². The summed E-state index contributed by atoms with van der Waals surface area (Å²) < 4.78 is 10.6. The van der Waals surface area contributed by atoms with Crippen molar-refractivity contribution in [3.05, 3.63) is 59.7 Å². The molecule has 0 saturated heterocycles. The van der Waals surface area contributed by atoms with Gasteiger partial charge in [0.15, 0.2) is 0 Å². The number of fused-ring (bicyclic) bond motifs is 2. The van der Waals surface area contributed by atoms with Gasteiger partial charge in [-0.25, -0.2) is 0 Å². The Morgan fingerprint density at radius 1 is 0.700 bits per heavy atom. The monoisotopic (exact) mass is 266 g/mol. The molecule has 0 spiro atoms. The van der Waals surface area contributed by atoms with Crippen molar-refractivity contribution < 1.29 is 9.47 Å². The Labute approximate surface area is 118 Å². The number of methoxy groups -OCH3 is 2. The van der Waals surface area contributed by atoms with E-state index in [0.717, 1.165) is 0 Å². The Morgan fingerprint density at radius 3 is 1.55 bits per heavy atom. The number of benzene rings is 3. The molecular formula is C18H18O2. The van der Waals surface area contributed by atoms with Gasteiger partial charge in [-0.15, -0.1) is 0 Å². The highest BCUT2D eigenvalue weighted by molar-refractivity contribution is 6.01. The maximum Gasteiger partial charge on any atom is 0.0719 e. The Hall–Kier alpha value is -1.90. The Morgan fingerprint density at radius 2 is 1.15 bits per heavy atom. The van der Waals surface area contributed by atoms with Crippen LogP contribution in [0.3, 0.4) is 0 Å². The number of rotatable bonds is 4. The van der Waals surface area contributed by atoms with Gasteiger partial charge >= 0.3 is 0 Å². The third-order valence-corrected chi connectivity index (χ3v) is 3.66. The molecule has 0 atom stereocenters. The fraction of sp³-hybridized carbons (Fsp3) is 0.222. The maximum atomic E-state index is 5.32. The SMILES string of the molecule is COCc1ccc(COC)c2cc3ccccc3cc12. The molecule has 0 heterocycles. The van der Waals surface area contributed by atoms with E-state index in [1.165, 1.54) is 32.7 Å². The first kappa shape index (κ1) is 13.1. The van der Waals surface area contributed by atoms with Crippen LogP contribution in [-0.2, 0) is 22.7 Å². The third-order valence-electron chi connectivity index (χ3n) is 3.66. The van der Waals surface area contributed by atoms with Gasteiger partial charge in [0, 0.05) is 14.2 Å². The van der Waals surface area contributed by atoms with Crippen LogP contribution in [0.25, 0.3) is 21.5 Å². The lowest BCUT2D eigenvalue weighted by molar-refractivity contribution is 0.184. The lowest BCUT2D eigenvalue weighted by Crippen LogP contribution is -1.95. The van der Waals surface area contributed by atoms with Crippen molar-refractivity contribution >= 4 is 21.5 Å². The van der Waals surface area contributed by atoms with E-state index >= 15 is 0 Å². The summed E-state index contributed by atoms with van der Waals surface area (Å²) in [6.45, 7) is 1.25. The lowest BCUT2D eigenvalue weighted by Gasteiger charge is -2.12. The molecule has 0 saturated carbocycles. The zero-order valence-electron chi connectivity index (χ0n) is 11.8. The summed E-state index contributed by atoms with van der Waals surface area (Å²) in [7, 11) is 3.46. The third kappa shape index (κ3) is 2.28. The van der Waals surface area contributed by atoms with Gasteiger partial charge in [-0.3, -0.25) is 0 Å². The van der Waals surface area contributed by atoms with Gasteiger partial charge in [0.25, 0.3) is 0 Å². The zero-order chi connectivity index (χ0) is 13.9. The molecule has 102 valence electrons. The van der Waals surface area contributed by atoms with E-state index in [4.69, 9.17) is 9.47 Å². The quantitative estimate of drug-likeness (QED) is 0.656. The standard InChI is InChI=1S/C18H18O2/c1-19-11-15-7-8-16(12-20-2)18-10-14-6-4-3-5-13(14)9-17(15)18/h3-10H,11-12H2,1-2H3. The molecule has 0 radical (unpaired) electrons. The van der Waals surface area contributed by atoms with E-state index in [1.54, 1.807) is 14.2 Å². The molecule has 3 aromatic rings. The summed E-state index contributed by atoms with van der Waals surface area (Å²) >= 11 is 0. The van der Waals surface area contributed by atoms with Crippen LogP contribution in [-0.4, -0.2) is 14.2 Å². The molecule has 0 unspecified atom stereocenters. The van der Waals surface area contributed by atoms with Crippen molar-refractivity contribution in [2.24, 2.45) is 0 Å². The fourth-order valence-electron chi connectivity index (χ4n) is 2.72. The van der Waals surface area contributed by atoms with Crippen molar-refractivity contribution in [3.63, 3.8) is 0 Å². The predicted molar refractivity (Wildman–Crippen MR) is 82.9 cm³/mol. The first-order chi connectivity index (χ1) is 9.83. The average Bonchev–Trinajstić information content (AvgIpc) is 2.48. The molecule has 0 N–H and O–H groups in total. The average molecular weight is 266 g/mol. The van der Waals surface area contributed by atoms with Gasteiger partial charge in [-0.05, 0) is 44.8 Å². The molecule has 2 nitrogen and oxygen atoms in total. The van der Waals surface area contributed by atoms with Crippen molar-refractivity contribution in [2.75, 3.05) is 14.2 Å². The van der Waals surface area contributed by atoms with Crippen LogP contribution < -0.4 is 0 Å². The summed E-state index contributed by atoms with van der Waals surface area (Å²) in [6, 6.07) is 17.2. The van der Waals surface area contributed by atoms with Crippen LogP contribution in [0.5, 0.6) is 0 Å². The fourth-order valence-corrected chi connectivity index (χ4v) is 2.72. The van der Waals surface area contributed by atoms with Crippen molar-refractivity contribution in [3.8, 4) is 0 Å². The highest BCUT2D eigenvalue weighted by atomic mass is 16.5. The summed E-state index contributed by atoms with van der Waals surface area (Å²) in [4.78, 5) is 0. The van der Waals surface area contributed by atoms with Crippen LogP contribution in [0.2, 0.25) is 0 Å². The lowest BCUT2D eigenvalue weighted by atomic mass is 9.96. The molecule has 0 amide bonds. The van der Waals surface area contributed by atoms with Gasteiger partial charge in [0.2, 0.25) is 0 Å². The second kappa shape index (κ2) is 5.61. The van der Waals surface area contributed by atoms with Crippen LogP contribution in [0.15, 0.2) is 48.5 Å². The predicted octanol–water partition coefficient (Wildman–Crippen LogP) is 4.29. The van der Waals surface area contributed by atoms with E-state index < -0.39 is 0 Å². The molecule has 0 aliphatic carbocycles. The molecule has 2 heteroatoms. The normalized spacial score (nSPS) is 11.3. The summed E-state index contributed by atoms with van der Waals surface area (Å²) in [6.07, 6.45) is 0. The molecule has 0 aliphatic rings. The summed E-state index contributed by atoms with van der Waals surface area (Å²) in [5.41, 5.74) is 2.43. The molecule has 3 aromatic carbocycles. The largest absolute Gasteiger partial charge is 0.380 e. The first-order valence-electron chi connectivity index (χ1n) is 6.74. The first-order valence-corrected chi connectivity index (χ1v) is 6.74. The van der Waals surface area contributed by atoms with Crippen LogP contribution in [0, 0.1) is 0 Å². The highest BCUT2D eigenvalue weighted by Gasteiger charge is 2.07. The molecule has 20 heavy (non-hydrogen) atoms. The summed E-state index contributed by atoms with van der Waals surface area (Å²) in [5.74, 6) is 0. The van der Waals surface area contributed by atoms with Crippen LogP contribution >= 0.6 is 0 Å². The second-order valence-electron chi connectivity index (χ2n) is 4.99. The minimum Gasteiger partial charge on any atom is -0.380 e. The zero-order valence-corrected chi connectivity index (χ0v) is 11.8. The van der Waals surface area contributed by atoms with Gasteiger partial charge in [0.05, 0.1) is 13.2 Å². The minimum atomic E-state index is 0.627. The van der Waals surface area contributed by atoms with Crippen molar-refractivity contribution in [1.82, 2.24) is 0 Å². The Kier molecular flexibility index (Phi) is 3.68. The molecule has 0 aliphatic heterocycles. The Bertz CT molecular complexity index is 683. The smallest absolute Gasteiger partial charge is 0.0719 e. The van der Waals surface area contributed by atoms with E-state index in [9.17, 15) is 0 Å². The Balaban J connectivity index is 2.33. The number of hydrogen-bond acceptors (Lipinski definition) is 2. The van der Waals surface area contributed by atoms with E-state index in [-0.39, 0.29) is 0 Å². The topological polar surface area (TPSA) is 18.5 Å². The molecule has 0 bridgehead atoms. The van der Waals surface area contributed by atoms with E-state index in [2.05, 4.69) is 48.5 Å². The van der Waals surface area contributed by atoms with Gasteiger partial charge < -0.3 is 9.47 Å².